The Morgan fingerprint density at radius 3 is 2.72 bits per heavy atom. The highest BCUT2D eigenvalue weighted by Gasteiger charge is 2.38. The van der Waals surface area contributed by atoms with E-state index in [0.29, 0.717) is 25.1 Å². The zero-order valence-corrected chi connectivity index (χ0v) is 14.2. The highest BCUT2D eigenvalue weighted by molar-refractivity contribution is 6.39. The van der Waals surface area contributed by atoms with Crippen LogP contribution in [0.4, 0.5) is 0 Å². The van der Waals surface area contributed by atoms with E-state index in [-0.39, 0.29) is 24.8 Å². The summed E-state index contributed by atoms with van der Waals surface area (Å²) in [4.78, 5) is 38.1. The van der Waals surface area contributed by atoms with Crippen molar-refractivity contribution in [2.45, 2.75) is 38.3 Å². The van der Waals surface area contributed by atoms with Crippen molar-refractivity contribution in [2.75, 3.05) is 13.6 Å². The third-order valence-corrected chi connectivity index (χ3v) is 4.46. The van der Waals surface area contributed by atoms with Crippen LogP contribution in [0, 0.1) is 0 Å². The number of nitrogens with zero attached hydrogens (tertiary/aromatic N) is 3. The molecule has 1 aromatic carbocycles. The molecule has 0 radical (unpaired) electrons. The highest BCUT2D eigenvalue weighted by Crippen LogP contribution is 2.21. The van der Waals surface area contributed by atoms with Crippen LogP contribution in [0.5, 0.6) is 0 Å². The standard InChI is InChI=1S/C18H21N3O4/c1-20-16(22)10-9-14(19-20)17(23)21-11-5-8-15(21)18(24)25-12-13-6-3-2-4-7-13/h2-4,6-7,15H,5,8-12H2,1H3/t15-/m1/s1. The summed E-state index contributed by atoms with van der Waals surface area (Å²) in [5.41, 5.74) is 1.23. The van der Waals surface area contributed by atoms with Gasteiger partial charge in [-0.25, -0.2) is 9.80 Å². The first-order valence-electron chi connectivity index (χ1n) is 8.42. The molecule has 7 nitrogen and oxygen atoms in total. The van der Waals surface area contributed by atoms with Gasteiger partial charge in [0.2, 0.25) is 5.91 Å². The molecule has 0 saturated carbocycles. The van der Waals surface area contributed by atoms with E-state index < -0.39 is 12.0 Å². The minimum absolute atomic E-state index is 0.114. The number of hydrogen-bond donors (Lipinski definition) is 0. The lowest BCUT2D eigenvalue weighted by Crippen LogP contribution is -2.46. The van der Waals surface area contributed by atoms with Gasteiger partial charge in [-0.15, -0.1) is 0 Å². The number of ether oxygens (including phenoxy) is 1. The van der Waals surface area contributed by atoms with Crippen molar-refractivity contribution in [1.82, 2.24) is 9.91 Å². The zero-order chi connectivity index (χ0) is 17.8. The second-order valence-electron chi connectivity index (χ2n) is 6.21. The number of esters is 1. The molecule has 0 aromatic heterocycles. The Morgan fingerprint density at radius 1 is 1.24 bits per heavy atom. The van der Waals surface area contributed by atoms with E-state index in [1.807, 2.05) is 30.3 Å². The maximum atomic E-state index is 12.7. The molecule has 0 spiro atoms. The van der Waals surface area contributed by atoms with Crippen molar-refractivity contribution in [1.29, 1.82) is 0 Å². The summed E-state index contributed by atoms with van der Waals surface area (Å²) >= 11 is 0. The topological polar surface area (TPSA) is 79.3 Å². The molecule has 132 valence electrons. The number of hydrazone groups is 1. The Labute approximate surface area is 146 Å². The molecule has 0 N–H and O–H groups in total. The van der Waals surface area contributed by atoms with Gasteiger partial charge >= 0.3 is 5.97 Å². The number of amides is 2. The van der Waals surface area contributed by atoms with Gasteiger partial charge in [0.25, 0.3) is 5.91 Å². The summed E-state index contributed by atoms with van der Waals surface area (Å²) in [5.74, 6) is -0.786. The van der Waals surface area contributed by atoms with Gasteiger partial charge in [0.15, 0.2) is 0 Å². The van der Waals surface area contributed by atoms with Crippen LogP contribution in [-0.4, -0.2) is 53.0 Å². The van der Waals surface area contributed by atoms with Gasteiger partial charge < -0.3 is 9.64 Å². The molecule has 2 amide bonds. The van der Waals surface area contributed by atoms with E-state index in [9.17, 15) is 14.4 Å². The number of benzene rings is 1. The molecule has 1 saturated heterocycles. The number of carbonyl (C=O) groups is 3. The fourth-order valence-corrected chi connectivity index (χ4v) is 3.07. The lowest BCUT2D eigenvalue weighted by molar-refractivity contribution is -0.153. The smallest absolute Gasteiger partial charge is 0.329 e. The predicted molar refractivity (Wildman–Crippen MR) is 90.4 cm³/mol. The quantitative estimate of drug-likeness (QED) is 0.773. The summed E-state index contributed by atoms with van der Waals surface area (Å²) in [6, 6.07) is 8.85. The molecule has 1 aromatic rings. The third-order valence-electron chi connectivity index (χ3n) is 4.46. The lowest BCUT2D eigenvalue weighted by Gasteiger charge is -2.26. The molecule has 0 bridgehead atoms. The van der Waals surface area contributed by atoms with E-state index in [4.69, 9.17) is 4.74 Å². The fraction of sp³-hybridized carbons (Fsp3) is 0.444. The van der Waals surface area contributed by atoms with E-state index >= 15 is 0 Å². The molecule has 0 unspecified atom stereocenters. The molecular formula is C18H21N3O4. The average Bonchev–Trinajstić information content (AvgIpc) is 3.12. The largest absolute Gasteiger partial charge is 0.459 e. The summed E-state index contributed by atoms with van der Waals surface area (Å²) in [7, 11) is 1.53. The van der Waals surface area contributed by atoms with Gasteiger partial charge in [-0.1, -0.05) is 30.3 Å². The number of likely N-dealkylation sites (tertiary alicyclic amines) is 1. The summed E-state index contributed by atoms with van der Waals surface area (Å²) in [6.45, 7) is 0.691. The monoisotopic (exact) mass is 343 g/mol. The Morgan fingerprint density at radius 2 is 2.00 bits per heavy atom. The SMILES string of the molecule is CN1N=C(C(=O)N2CCC[C@@H]2C(=O)OCc2ccccc2)CCC1=O. The molecule has 2 aliphatic heterocycles. The second kappa shape index (κ2) is 7.46. The normalized spacial score (nSPS) is 20.4. The molecule has 25 heavy (non-hydrogen) atoms. The Balaban J connectivity index is 1.63. The summed E-state index contributed by atoms with van der Waals surface area (Å²) < 4.78 is 5.38. The maximum absolute atomic E-state index is 12.7. The van der Waals surface area contributed by atoms with Crippen LogP contribution >= 0.6 is 0 Å². The van der Waals surface area contributed by atoms with Crippen molar-refractivity contribution in [2.24, 2.45) is 5.10 Å². The van der Waals surface area contributed by atoms with Crippen LogP contribution < -0.4 is 0 Å². The number of carbonyl (C=O) groups excluding carboxylic acids is 3. The van der Waals surface area contributed by atoms with Crippen molar-refractivity contribution in [3.8, 4) is 0 Å². The first-order valence-corrected chi connectivity index (χ1v) is 8.42. The fourth-order valence-electron chi connectivity index (χ4n) is 3.07. The van der Waals surface area contributed by atoms with Gasteiger partial charge in [0.05, 0.1) is 0 Å². The average molecular weight is 343 g/mol. The van der Waals surface area contributed by atoms with E-state index in [1.54, 1.807) is 0 Å². The van der Waals surface area contributed by atoms with Gasteiger partial charge in [0.1, 0.15) is 18.4 Å². The first-order chi connectivity index (χ1) is 12.1. The van der Waals surface area contributed by atoms with Crippen molar-refractivity contribution >= 4 is 23.5 Å². The van der Waals surface area contributed by atoms with E-state index in [0.717, 1.165) is 12.0 Å². The minimum atomic E-state index is -0.582. The molecule has 2 aliphatic rings. The molecule has 1 atom stereocenters. The van der Waals surface area contributed by atoms with Crippen LogP contribution in [0.15, 0.2) is 35.4 Å². The third kappa shape index (κ3) is 3.87. The van der Waals surface area contributed by atoms with Crippen LogP contribution in [0.2, 0.25) is 0 Å². The molecule has 7 heteroatoms. The van der Waals surface area contributed by atoms with Crippen molar-refractivity contribution in [3.63, 3.8) is 0 Å². The molecule has 3 rings (SSSR count). The highest BCUT2D eigenvalue weighted by atomic mass is 16.5. The minimum Gasteiger partial charge on any atom is -0.459 e. The predicted octanol–water partition coefficient (Wildman–Crippen LogP) is 1.33. The number of hydrogen-bond acceptors (Lipinski definition) is 5. The van der Waals surface area contributed by atoms with Crippen molar-refractivity contribution in [3.05, 3.63) is 35.9 Å². The Kier molecular flexibility index (Phi) is 5.11. The first kappa shape index (κ1) is 17.1. The van der Waals surface area contributed by atoms with Gasteiger partial charge in [-0.05, 0) is 18.4 Å². The Bertz CT molecular complexity index is 702. The van der Waals surface area contributed by atoms with Crippen LogP contribution in [-0.2, 0) is 25.7 Å². The molecule has 1 fully saturated rings. The Hall–Kier alpha value is -2.70. The van der Waals surface area contributed by atoms with E-state index in [1.165, 1.54) is 17.0 Å². The van der Waals surface area contributed by atoms with Crippen LogP contribution in [0.3, 0.4) is 0 Å². The molecular weight excluding hydrogens is 322 g/mol. The maximum Gasteiger partial charge on any atom is 0.329 e. The van der Waals surface area contributed by atoms with Crippen molar-refractivity contribution < 1.29 is 19.1 Å². The van der Waals surface area contributed by atoms with E-state index in [2.05, 4.69) is 5.10 Å². The lowest BCUT2D eigenvalue weighted by atomic mass is 10.1. The van der Waals surface area contributed by atoms with Gasteiger partial charge in [0, 0.05) is 26.4 Å². The van der Waals surface area contributed by atoms with Gasteiger partial charge in [-0.3, -0.25) is 9.59 Å². The summed E-state index contributed by atoms with van der Waals surface area (Å²) in [5, 5.41) is 5.24. The zero-order valence-electron chi connectivity index (χ0n) is 14.2. The molecule has 0 aliphatic carbocycles. The summed E-state index contributed by atoms with van der Waals surface area (Å²) in [6.07, 6.45) is 1.91. The molecule has 2 heterocycles. The van der Waals surface area contributed by atoms with Crippen LogP contribution in [0.25, 0.3) is 0 Å². The van der Waals surface area contributed by atoms with Gasteiger partial charge in [-0.2, -0.15) is 5.10 Å². The van der Waals surface area contributed by atoms with Crippen LogP contribution in [0.1, 0.15) is 31.2 Å². The number of rotatable bonds is 4. The second-order valence-corrected chi connectivity index (χ2v) is 6.21.